The van der Waals surface area contributed by atoms with Crippen molar-refractivity contribution < 1.29 is 24.2 Å². The van der Waals surface area contributed by atoms with Crippen LogP contribution < -0.4 is 4.74 Å². The van der Waals surface area contributed by atoms with Crippen LogP contribution in [-0.2, 0) is 14.3 Å². The van der Waals surface area contributed by atoms with Crippen LogP contribution in [0.25, 0.3) is 11.6 Å². The van der Waals surface area contributed by atoms with Crippen LogP contribution in [0.1, 0.15) is 25.0 Å². The third kappa shape index (κ3) is 5.36. The van der Waals surface area contributed by atoms with E-state index in [1.807, 2.05) is 25.1 Å². The summed E-state index contributed by atoms with van der Waals surface area (Å²) in [6, 6.07) is 13.9. The molecule has 1 amide bonds. The summed E-state index contributed by atoms with van der Waals surface area (Å²) < 4.78 is 10.8. The van der Waals surface area contributed by atoms with Crippen molar-refractivity contribution in [2.24, 2.45) is 0 Å². The number of esters is 1. The van der Waals surface area contributed by atoms with Gasteiger partial charge in [0, 0.05) is 14.1 Å². The molecule has 0 aliphatic rings. The van der Waals surface area contributed by atoms with E-state index in [2.05, 4.69) is 0 Å². The van der Waals surface area contributed by atoms with Crippen LogP contribution >= 0.6 is 0 Å². The van der Waals surface area contributed by atoms with E-state index in [-0.39, 0.29) is 11.7 Å². The summed E-state index contributed by atoms with van der Waals surface area (Å²) in [6.45, 7) is 3.76. The van der Waals surface area contributed by atoms with Gasteiger partial charge in [0.15, 0.2) is 17.6 Å². The van der Waals surface area contributed by atoms with Crippen molar-refractivity contribution in [1.29, 1.82) is 0 Å². The number of nitrogens with zero attached hydrogens (tertiary/aromatic N) is 1. The fourth-order valence-electron chi connectivity index (χ4n) is 2.57. The molecule has 0 radical (unpaired) electrons. The van der Waals surface area contributed by atoms with Crippen molar-refractivity contribution >= 4 is 23.5 Å². The molecule has 0 fully saturated rings. The van der Waals surface area contributed by atoms with E-state index in [4.69, 9.17) is 9.47 Å². The summed E-state index contributed by atoms with van der Waals surface area (Å²) in [5, 5.41) is 9.88. The first-order valence-corrected chi connectivity index (χ1v) is 8.98. The molecule has 0 aliphatic heterocycles. The molecule has 2 aromatic carbocycles. The quantitative estimate of drug-likeness (QED) is 0.451. The number of amides is 1. The second-order valence-electron chi connectivity index (χ2n) is 6.36. The number of rotatable bonds is 7. The molecule has 0 aliphatic carbocycles. The monoisotopic (exact) mass is 383 g/mol. The van der Waals surface area contributed by atoms with E-state index in [9.17, 15) is 14.7 Å². The number of ether oxygens (including phenoxy) is 2. The fraction of sp³-hybridized carbons (Fsp3) is 0.273. The number of phenolic OH excluding ortho intramolecular Hbond substituents is 1. The van der Waals surface area contributed by atoms with E-state index in [1.165, 1.54) is 17.9 Å². The number of phenols is 1. The number of hydrogen-bond acceptors (Lipinski definition) is 5. The zero-order valence-corrected chi connectivity index (χ0v) is 16.5. The topological polar surface area (TPSA) is 76.1 Å². The summed E-state index contributed by atoms with van der Waals surface area (Å²) in [5.74, 6) is -0.565. The fourth-order valence-corrected chi connectivity index (χ4v) is 2.57. The van der Waals surface area contributed by atoms with Crippen molar-refractivity contribution in [1.82, 2.24) is 4.90 Å². The molecule has 0 saturated carbocycles. The van der Waals surface area contributed by atoms with Crippen LogP contribution in [0.3, 0.4) is 0 Å². The van der Waals surface area contributed by atoms with Crippen molar-refractivity contribution in [3.05, 3.63) is 59.7 Å². The Morgan fingerprint density at radius 1 is 1.14 bits per heavy atom. The molecule has 2 aromatic rings. The molecule has 6 nitrogen and oxygen atoms in total. The molecule has 0 saturated heterocycles. The van der Waals surface area contributed by atoms with Gasteiger partial charge >= 0.3 is 5.97 Å². The summed E-state index contributed by atoms with van der Waals surface area (Å²) in [6.07, 6.45) is 0.736. The van der Waals surface area contributed by atoms with E-state index in [1.54, 1.807) is 44.4 Å². The molecule has 148 valence electrons. The van der Waals surface area contributed by atoms with Gasteiger partial charge in [-0.2, -0.15) is 0 Å². The van der Waals surface area contributed by atoms with Crippen molar-refractivity contribution in [3.63, 3.8) is 0 Å². The summed E-state index contributed by atoms with van der Waals surface area (Å²) in [5.41, 5.74) is 1.61. The first-order valence-electron chi connectivity index (χ1n) is 8.98. The van der Waals surface area contributed by atoms with E-state index in [0.717, 1.165) is 0 Å². The van der Waals surface area contributed by atoms with Gasteiger partial charge in [0.25, 0.3) is 5.91 Å². The molecule has 0 unspecified atom stereocenters. The molecule has 6 heteroatoms. The number of likely N-dealkylation sites (N-methyl/N-ethyl adjacent to an activating group) is 1. The largest absolute Gasteiger partial charge is 0.504 e. The SMILES string of the molecule is CCOc1cc(/C=C(/C(=O)O[C@H](C)C(=O)N(C)C)c2ccccc2)ccc1O. The zero-order chi connectivity index (χ0) is 20.7. The first kappa shape index (κ1) is 21.0. The third-order valence-corrected chi connectivity index (χ3v) is 3.97. The molecule has 1 N–H and O–H groups in total. The minimum atomic E-state index is -0.909. The van der Waals surface area contributed by atoms with Gasteiger partial charge in [-0.1, -0.05) is 36.4 Å². The Balaban J connectivity index is 2.40. The van der Waals surface area contributed by atoms with E-state index < -0.39 is 12.1 Å². The van der Waals surface area contributed by atoms with Crippen LogP contribution in [0.15, 0.2) is 48.5 Å². The van der Waals surface area contributed by atoms with Crippen LogP contribution in [0.5, 0.6) is 11.5 Å². The highest BCUT2D eigenvalue weighted by Gasteiger charge is 2.22. The molecule has 2 rings (SSSR count). The maximum atomic E-state index is 12.8. The maximum Gasteiger partial charge on any atom is 0.339 e. The van der Waals surface area contributed by atoms with Crippen LogP contribution in [-0.4, -0.2) is 48.7 Å². The number of benzene rings is 2. The predicted octanol–water partition coefficient (Wildman–Crippen LogP) is 3.35. The number of carbonyl (C=O) groups excluding carboxylic acids is 2. The second kappa shape index (κ2) is 9.60. The molecule has 0 aromatic heterocycles. The van der Waals surface area contributed by atoms with Crippen LogP contribution in [0, 0.1) is 0 Å². The standard InChI is InChI=1S/C22H25NO5/c1-5-27-20-14-16(11-12-19(20)24)13-18(17-9-7-6-8-10-17)22(26)28-15(2)21(25)23(3)4/h6-15,24H,5H2,1-4H3/b18-13+/t15-/m1/s1. The van der Waals surface area contributed by atoms with Crippen LogP contribution in [0.2, 0.25) is 0 Å². The molecule has 28 heavy (non-hydrogen) atoms. The third-order valence-electron chi connectivity index (χ3n) is 3.97. The van der Waals surface area contributed by atoms with Crippen molar-refractivity contribution in [3.8, 4) is 11.5 Å². The van der Waals surface area contributed by atoms with Crippen molar-refractivity contribution in [2.75, 3.05) is 20.7 Å². The lowest BCUT2D eigenvalue weighted by molar-refractivity contribution is -0.153. The maximum absolute atomic E-state index is 12.8. The minimum Gasteiger partial charge on any atom is -0.504 e. The van der Waals surface area contributed by atoms with Gasteiger partial charge in [-0.25, -0.2) is 4.79 Å². The molecule has 0 heterocycles. The summed E-state index contributed by atoms with van der Waals surface area (Å²) in [7, 11) is 3.21. The highest BCUT2D eigenvalue weighted by atomic mass is 16.5. The Bertz CT molecular complexity index is 858. The lowest BCUT2D eigenvalue weighted by atomic mass is 10.0. The molecule has 1 atom stereocenters. The normalized spacial score (nSPS) is 12.2. The Labute approximate surface area is 165 Å². The highest BCUT2D eigenvalue weighted by Crippen LogP contribution is 2.29. The summed E-state index contributed by atoms with van der Waals surface area (Å²) in [4.78, 5) is 26.2. The number of carbonyl (C=O) groups is 2. The van der Waals surface area contributed by atoms with Gasteiger partial charge in [-0.05, 0) is 43.2 Å². The molecule has 0 spiro atoms. The lowest BCUT2D eigenvalue weighted by Gasteiger charge is -2.18. The Hall–Kier alpha value is -3.28. The van der Waals surface area contributed by atoms with Gasteiger partial charge < -0.3 is 19.5 Å². The van der Waals surface area contributed by atoms with Gasteiger partial charge in [0.2, 0.25) is 0 Å². The van der Waals surface area contributed by atoms with Crippen LogP contribution in [0.4, 0.5) is 0 Å². The molecular weight excluding hydrogens is 358 g/mol. The van der Waals surface area contributed by atoms with Gasteiger partial charge in [-0.15, -0.1) is 0 Å². The lowest BCUT2D eigenvalue weighted by Crippen LogP contribution is -2.35. The number of hydrogen-bond donors (Lipinski definition) is 1. The average Bonchev–Trinajstić information content (AvgIpc) is 2.68. The average molecular weight is 383 g/mol. The highest BCUT2D eigenvalue weighted by molar-refractivity contribution is 6.22. The zero-order valence-electron chi connectivity index (χ0n) is 16.5. The first-order chi connectivity index (χ1) is 13.3. The number of aromatic hydroxyl groups is 1. The smallest absolute Gasteiger partial charge is 0.339 e. The van der Waals surface area contributed by atoms with E-state index in [0.29, 0.717) is 29.1 Å². The Kier molecular flexibility index (Phi) is 7.21. The minimum absolute atomic E-state index is 0.0213. The Morgan fingerprint density at radius 3 is 2.43 bits per heavy atom. The molecular formula is C22H25NO5. The van der Waals surface area contributed by atoms with Gasteiger partial charge in [-0.3, -0.25) is 4.79 Å². The predicted molar refractivity (Wildman–Crippen MR) is 108 cm³/mol. The van der Waals surface area contributed by atoms with Gasteiger partial charge in [0.05, 0.1) is 12.2 Å². The summed E-state index contributed by atoms with van der Waals surface area (Å²) >= 11 is 0. The molecule has 0 bridgehead atoms. The van der Waals surface area contributed by atoms with E-state index >= 15 is 0 Å². The van der Waals surface area contributed by atoms with Gasteiger partial charge in [0.1, 0.15) is 0 Å². The second-order valence-corrected chi connectivity index (χ2v) is 6.36. The Morgan fingerprint density at radius 2 is 1.82 bits per heavy atom. The van der Waals surface area contributed by atoms with Crippen molar-refractivity contribution in [2.45, 2.75) is 20.0 Å².